The van der Waals surface area contributed by atoms with E-state index in [4.69, 9.17) is 24.7 Å². The zero-order valence-electron chi connectivity index (χ0n) is 10.6. The van der Waals surface area contributed by atoms with Crippen molar-refractivity contribution in [1.29, 1.82) is 0 Å². The van der Waals surface area contributed by atoms with Crippen LogP contribution in [-0.2, 0) is 13.9 Å². The molecule has 0 bridgehead atoms. The van der Waals surface area contributed by atoms with E-state index in [-0.39, 0.29) is 0 Å². The zero-order valence-corrected chi connectivity index (χ0v) is 12.4. The molecular weight excluding hydrogens is 300 g/mol. The SMILES string of the molecule is CCC(C)C(C(=O)O)N(CP(=O)(O)O)CP(=O)(O)O. The standard InChI is InChI=1S/C8H19NO8P2/c1-3-6(2)7(8(10)11)9(4-18(12,13)14)5-19(15,16)17/h6-7H,3-5H2,1-2H3,(H,10,11)(H2,12,13,14)(H2,15,16,17). The molecule has 0 aromatic carbocycles. The molecule has 5 N–H and O–H groups in total. The predicted molar refractivity (Wildman–Crippen MR) is 66.5 cm³/mol. The van der Waals surface area contributed by atoms with Crippen LogP contribution >= 0.6 is 15.2 Å². The molecule has 0 aliphatic carbocycles. The molecule has 9 nitrogen and oxygen atoms in total. The Labute approximate surface area is 110 Å². The maximum absolute atomic E-state index is 11.2. The lowest BCUT2D eigenvalue weighted by Gasteiger charge is -2.32. The molecule has 11 heteroatoms. The van der Waals surface area contributed by atoms with Crippen LogP contribution in [-0.4, -0.2) is 54.2 Å². The number of hydrogen-bond acceptors (Lipinski definition) is 4. The smallest absolute Gasteiger partial charge is 0.339 e. The van der Waals surface area contributed by atoms with Crippen LogP contribution < -0.4 is 0 Å². The summed E-state index contributed by atoms with van der Waals surface area (Å²) in [5.41, 5.74) is 0. The van der Waals surface area contributed by atoms with Crippen LogP contribution in [0.1, 0.15) is 20.3 Å². The first-order chi connectivity index (χ1) is 8.37. The third-order valence-corrected chi connectivity index (χ3v) is 4.02. The van der Waals surface area contributed by atoms with Crippen molar-refractivity contribution in [3.05, 3.63) is 0 Å². The first-order valence-corrected chi connectivity index (χ1v) is 9.03. The normalized spacial score (nSPS) is 16.4. The van der Waals surface area contributed by atoms with Gasteiger partial charge in [0.05, 0.1) is 0 Å². The van der Waals surface area contributed by atoms with Gasteiger partial charge in [0.1, 0.15) is 18.6 Å². The number of nitrogens with zero attached hydrogens (tertiary/aromatic N) is 1. The molecule has 0 radical (unpaired) electrons. The maximum atomic E-state index is 11.2. The molecule has 0 saturated carbocycles. The molecule has 0 aromatic heterocycles. The van der Waals surface area contributed by atoms with Crippen LogP contribution in [0.25, 0.3) is 0 Å². The molecule has 0 aliphatic heterocycles. The summed E-state index contributed by atoms with van der Waals surface area (Å²) in [6, 6.07) is -1.37. The van der Waals surface area contributed by atoms with Crippen molar-refractivity contribution >= 4 is 21.2 Å². The van der Waals surface area contributed by atoms with Crippen molar-refractivity contribution in [3.63, 3.8) is 0 Å². The van der Waals surface area contributed by atoms with Crippen molar-refractivity contribution < 1.29 is 38.6 Å². The average molecular weight is 319 g/mol. The molecule has 114 valence electrons. The Balaban J connectivity index is 5.33. The van der Waals surface area contributed by atoms with Gasteiger partial charge in [0, 0.05) is 0 Å². The molecular formula is C8H19NO8P2. The summed E-state index contributed by atoms with van der Waals surface area (Å²) in [6.07, 6.45) is -1.64. The van der Waals surface area contributed by atoms with E-state index in [1.807, 2.05) is 0 Å². The van der Waals surface area contributed by atoms with Gasteiger partial charge >= 0.3 is 21.2 Å². The Morgan fingerprint density at radius 1 is 1.11 bits per heavy atom. The van der Waals surface area contributed by atoms with Gasteiger partial charge < -0.3 is 24.7 Å². The zero-order chi connectivity index (χ0) is 15.4. The maximum Gasteiger partial charge on any atom is 0.339 e. The molecule has 0 heterocycles. The van der Waals surface area contributed by atoms with Crippen LogP contribution in [0.4, 0.5) is 0 Å². The highest BCUT2D eigenvalue weighted by Gasteiger charge is 2.37. The first kappa shape index (κ1) is 18.7. The molecule has 0 spiro atoms. The van der Waals surface area contributed by atoms with Crippen molar-refractivity contribution in [2.24, 2.45) is 5.92 Å². The minimum absolute atomic E-state index is 0.385. The fraction of sp³-hybridized carbons (Fsp3) is 0.875. The fourth-order valence-corrected chi connectivity index (χ4v) is 3.33. The van der Waals surface area contributed by atoms with Crippen LogP contribution in [0.15, 0.2) is 0 Å². The number of aliphatic carboxylic acids is 1. The molecule has 0 fully saturated rings. The first-order valence-electron chi connectivity index (χ1n) is 5.43. The van der Waals surface area contributed by atoms with Gasteiger partial charge in [-0.15, -0.1) is 0 Å². The Morgan fingerprint density at radius 2 is 1.47 bits per heavy atom. The largest absolute Gasteiger partial charge is 0.480 e. The van der Waals surface area contributed by atoms with Gasteiger partial charge in [-0.05, 0) is 5.92 Å². The highest BCUT2D eigenvalue weighted by molar-refractivity contribution is 7.52. The Morgan fingerprint density at radius 3 is 1.68 bits per heavy atom. The van der Waals surface area contributed by atoms with Crippen LogP contribution in [0, 0.1) is 5.92 Å². The summed E-state index contributed by atoms with van der Waals surface area (Å²) in [4.78, 5) is 47.4. The van der Waals surface area contributed by atoms with Crippen LogP contribution in [0.5, 0.6) is 0 Å². The summed E-state index contributed by atoms with van der Waals surface area (Å²) < 4.78 is 21.9. The molecule has 2 atom stereocenters. The van der Waals surface area contributed by atoms with Gasteiger partial charge in [-0.2, -0.15) is 0 Å². The lowest BCUT2D eigenvalue weighted by atomic mass is 9.98. The number of hydrogen-bond donors (Lipinski definition) is 5. The lowest BCUT2D eigenvalue weighted by Crippen LogP contribution is -2.46. The highest BCUT2D eigenvalue weighted by Crippen LogP contribution is 2.42. The lowest BCUT2D eigenvalue weighted by molar-refractivity contribution is -0.144. The Kier molecular flexibility index (Phi) is 6.85. The second-order valence-electron chi connectivity index (χ2n) is 4.37. The van der Waals surface area contributed by atoms with Gasteiger partial charge in [-0.25, -0.2) is 0 Å². The van der Waals surface area contributed by atoms with E-state index in [0.717, 1.165) is 0 Å². The van der Waals surface area contributed by atoms with E-state index >= 15 is 0 Å². The van der Waals surface area contributed by atoms with Crippen molar-refractivity contribution in [2.75, 3.05) is 12.6 Å². The Bertz CT molecular complexity index is 378. The minimum atomic E-state index is -4.63. The van der Waals surface area contributed by atoms with Gasteiger partial charge in [-0.3, -0.25) is 18.8 Å². The van der Waals surface area contributed by atoms with E-state index in [1.54, 1.807) is 6.92 Å². The van der Waals surface area contributed by atoms with Gasteiger partial charge in [-0.1, -0.05) is 20.3 Å². The topological polar surface area (TPSA) is 156 Å². The predicted octanol–water partition coefficient (Wildman–Crippen LogP) is 0.0581. The summed E-state index contributed by atoms with van der Waals surface area (Å²) in [5, 5.41) is 9.09. The van der Waals surface area contributed by atoms with Crippen LogP contribution in [0.2, 0.25) is 0 Å². The second-order valence-corrected chi connectivity index (χ2v) is 7.59. The Hall–Kier alpha value is -0.270. The molecule has 0 aromatic rings. The number of carboxylic acids is 1. The third kappa shape index (κ3) is 7.79. The van der Waals surface area contributed by atoms with Gasteiger partial charge in [0.25, 0.3) is 0 Å². The van der Waals surface area contributed by atoms with E-state index in [1.165, 1.54) is 6.92 Å². The van der Waals surface area contributed by atoms with Crippen molar-refractivity contribution in [1.82, 2.24) is 4.90 Å². The highest BCUT2D eigenvalue weighted by atomic mass is 31.2. The summed E-state index contributed by atoms with van der Waals surface area (Å²) >= 11 is 0. The number of carbonyl (C=O) groups is 1. The van der Waals surface area contributed by atoms with E-state index in [0.29, 0.717) is 11.3 Å². The monoisotopic (exact) mass is 319 g/mol. The van der Waals surface area contributed by atoms with E-state index in [2.05, 4.69) is 0 Å². The minimum Gasteiger partial charge on any atom is -0.480 e. The van der Waals surface area contributed by atoms with Crippen LogP contribution in [0.3, 0.4) is 0 Å². The van der Waals surface area contributed by atoms with Crippen molar-refractivity contribution in [2.45, 2.75) is 26.3 Å². The van der Waals surface area contributed by atoms with Crippen molar-refractivity contribution in [3.8, 4) is 0 Å². The molecule has 0 saturated heterocycles. The summed E-state index contributed by atoms with van der Waals surface area (Å²) in [6.45, 7) is 3.21. The quantitative estimate of drug-likeness (QED) is 0.390. The van der Waals surface area contributed by atoms with E-state index < -0.39 is 45.7 Å². The fourth-order valence-electron chi connectivity index (χ4n) is 1.68. The second kappa shape index (κ2) is 6.95. The molecule has 19 heavy (non-hydrogen) atoms. The number of carboxylic acid groups (broad SMARTS) is 1. The van der Waals surface area contributed by atoms with Gasteiger partial charge in [0.15, 0.2) is 0 Å². The summed E-state index contributed by atoms with van der Waals surface area (Å²) in [5.74, 6) is -1.90. The van der Waals surface area contributed by atoms with Gasteiger partial charge in [0.2, 0.25) is 0 Å². The molecule has 2 unspecified atom stereocenters. The molecule has 0 amide bonds. The van der Waals surface area contributed by atoms with E-state index in [9.17, 15) is 13.9 Å². The molecule has 0 aliphatic rings. The number of rotatable bonds is 8. The average Bonchev–Trinajstić information content (AvgIpc) is 2.11. The summed E-state index contributed by atoms with van der Waals surface area (Å²) in [7, 11) is -9.26. The molecule has 0 rings (SSSR count). The third-order valence-electron chi connectivity index (χ3n) is 2.56.